The molecule has 0 aliphatic carbocycles. The molecule has 0 aliphatic heterocycles. The lowest BCUT2D eigenvalue weighted by atomic mass is 10.1. The number of nitrogens with zero attached hydrogens (tertiary/aromatic N) is 2. The number of carbonyl (C=O) groups excluding carboxylic acids is 2. The third-order valence-electron chi connectivity index (χ3n) is 4.73. The van der Waals surface area contributed by atoms with E-state index in [9.17, 15) is 9.59 Å². The van der Waals surface area contributed by atoms with Crippen LogP contribution in [0.5, 0.6) is 0 Å². The quantitative estimate of drug-likeness (QED) is 0.536. The number of hydrogen-bond acceptors (Lipinski definition) is 3. The zero-order valence-electron chi connectivity index (χ0n) is 16.9. The number of benzene rings is 2. The number of aromatic nitrogens is 1. The molecule has 0 aliphatic rings. The predicted molar refractivity (Wildman–Crippen MR) is 113 cm³/mol. The number of hydrogen-bond donors (Lipinski definition) is 0. The van der Waals surface area contributed by atoms with Crippen LogP contribution in [-0.4, -0.2) is 35.0 Å². The van der Waals surface area contributed by atoms with Crippen molar-refractivity contribution < 1.29 is 14.3 Å². The van der Waals surface area contributed by atoms with Crippen LogP contribution in [0.15, 0.2) is 72.9 Å². The Hall–Kier alpha value is -3.34. The first-order valence-electron chi connectivity index (χ1n) is 9.79. The van der Waals surface area contributed by atoms with Crippen molar-refractivity contribution in [3.63, 3.8) is 0 Å². The zero-order valence-corrected chi connectivity index (χ0v) is 16.9. The van der Waals surface area contributed by atoms with Crippen LogP contribution >= 0.6 is 0 Å². The highest BCUT2D eigenvalue weighted by Crippen LogP contribution is 2.23. The minimum Gasteiger partial charge on any atom is -0.462 e. The van der Waals surface area contributed by atoms with E-state index in [0.717, 1.165) is 16.8 Å². The summed E-state index contributed by atoms with van der Waals surface area (Å²) in [5, 5.41) is 0. The van der Waals surface area contributed by atoms with Gasteiger partial charge >= 0.3 is 5.97 Å². The topological polar surface area (TPSA) is 51.5 Å². The average Bonchev–Trinajstić information content (AvgIpc) is 3.18. The standard InChI is InChI=1S/C24H26N2O3/c1-3-29-24(28)21-16-22(20-12-8-5-9-13-20)26(18-21)15-14-23(27)25(2)17-19-10-6-4-7-11-19/h4-13,16,18H,3,14-15,17H2,1-2H3. The lowest BCUT2D eigenvalue weighted by molar-refractivity contribution is -0.130. The van der Waals surface area contributed by atoms with Crippen molar-refractivity contribution in [2.24, 2.45) is 0 Å². The van der Waals surface area contributed by atoms with Gasteiger partial charge < -0.3 is 14.2 Å². The first kappa shape index (κ1) is 20.4. The molecule has 1 aromatic heterocycles. The van der Waals surface area contributed by atoms with E-state index < -0.39 is 0 Å². The Morgan fingerprint density at radius 3 is 2.31 bits per heavy atom. The van der Waals surface area contributed by atoms with Gasteiger partial charge in [0.2, 0.25) is 5.91 Å². The van der Waals surface area contributed by atoms with Crippen LogP contribution in [0.25, 0.3) is 11.3 Å². The number of amides is 1. The summed E-state index contributed by atoms with van der Waals surface area (Å²) in [6, 6.07) is 21.6. The summed E-state index contributed by atoms with van der Waals surface area (Å²) in [5.41, 5.74) is 3.48. The van der Waals surface area contributed by atoms with Gasteiger partial charge in [0, 0.05) is 38.4 Å². The van der Waals surface area contributed by atoms with Gasteiger partial charge in [0.15, 0.2) is 0 Å². The van der Waals surface area contributed by atoms with Crippen LogP contribution in [0.1, 0.15) is 29.3 Å². The van der Waals surface area contributed by atoms with Crippen molar-refractivity contribution in [3.8, 4) is 11.3 Å². The van der Waals surface area contributed by atoms with E-state index in [4.69, 9.17) is 4.74 Å². The maximum atomic E-state index is 12.6. The van der Waals surface area contributed by atoms with Gasteiger partial charge in [-0.25, -0.2) is 4.79 Å². The van der Waals surface area contributed by atoms with E-state index in [1.807, 2.05) is 78.3 Å². The Morgan fingerprint density at radius 2 is 1.66 bits per heavy atom. The van der Waals surface area contributed by atoms with Crippen molar-refractivity contribution in [1.82, 2.24) is 9.47 Å². The van der Waals surface area contributed by atoms with Crippen molar-refractivity contribution in [2.75, 3.05) is 13.7 Å². The molecule has 0 saturated carbocycles. The van der Waals surface area contributed by atoms with Crippen molar-refractivity contribution in [2.45, 2.75) is 26.4 Å². The molecular weight excluding hydrogens is 364 g/mol. The molecule has 0 bridgehead atoms. The molecule has 5 heteroatoms. The van der Waals surface area contributed by atoms with Gasteiger partial charge in [-0.2, -0.15) is 0 Å². The van der Waals surface area contributed by atoms with Crippen LogP contribution in [-0.2, 0) is 22.6 Å². The summed E-state index contributed by atoms with van der Waals surface area (Å²) in [6.07, 6.45) is 2.12. The Balaban J connectivity index is 1.73. The van der Waals surface area contributed by atoms with Crippen molar-refractivity contribution in [1.29, 1.82) is 0 Å². The van der Waals surface area contributed by atoms with Crippen LogP contribution in [0.4, 0.5) is 0 Å². The van der Waals surface area contributed by atoms with Crippen molar-refractivity contribution in [3.05, 3.63) is 84.1 Å². The summed E-state index contributed by atoms with van der Waals surface area (Å²) in [6.45, 7) is 3.17. The molecule has 0 saturated heterocycles. The minimum atomic E-state index is -0.351. The maximum absolute atomic E-state index is 12.6. The van der Waals surface area contributed by atoms with E-state index in [-0.39, 0.29) is 11.9 Å². The first-order valence-corrected chi connectivity index (χ1v) is 9.79. The third kappa shape index (κ3) is 5.35. The highest BCUT2D eigenvalue weighted by molar-refractivity contribution is 5.91. The normalized spacial score (nSPS) is 10.6. The smallest absolute Gasteiger partial charge is 0.339 e. The van der Waals surface area contributed by atoms with Gasteiger partial charge in [-0.05, 0) is 24.1 Å². The second-order valence-corrected chi connectivity index (χ2v) is 6.88. The molecule has 1 amide bonds. The molecule has 0 unspecified atom stereocenters. The van der Waals surface area contributed by atoms with Crippen LogP contribution < -0.4 is 0 Å². The van der Waals surface area contributed by atoms with Gasteiger partial charge in [0.05, 0.1) is 12.2 Å². The van der Waals surface area contributed by atoms with Crippen LogP contribution in [0.3, 0.4) is 0 Å². The lowest BCUT2D eigenvalue weighted by Gasteiger charge is -2.18. The lowest BCUT2D eigenvalue weighted by Crippen LogP contribution is -2.27. The average molecular weight is 390 g/mol. The van der Waals surface area contributed by atoms with E-state index in [1.165, 1.54) is 0 Å². The first-order chi connectivity index (χ1) is 14.1. The molecule has 3 rings (SSSR count). The highest BCUT2D eigenvalue weighted by Gasteiger charge is 2.16. The van der Waals surface area contributed by atoms with Gasteiger partial charge in [-0.15, -0.1) is 0 Å². The molecule has 0 spiro atoms. The van der Waals surface area contributed by atoms with E-state index >= 15 is 0 Å². The molecule has 0 radical (unpaired) electrons. The molecule has 2 aromatic carbocycles. The highest BCUT2D eigenvalue weighted by atomic mass is 16.5. The number of rotatable bonds is 8. The monoisotopic (exact) mass is 390 g/mol. The predicted octanol–water partition coefficient (Wildman–Crippen LogP) is 4.38. The van der Waals surface area contributed by atoms with E-state index in [2.05, 4.69) is 0 Å². The molecule has 150 valence electrons. The molecule has 3 aromatic rings. The van der Waals surface area contributed by atoms with Gasteiger partial charge in [0.1, 0.15) is 0 Å². The number of aryl methyl sites for hydroxylation is 1. The Bertz CT molecular complexity index is 949. The Morgan fingerprint density at radius 1 is 1.00 bits per heavy atom. The SMILES string of the molecule is CCOC(=O)c1cc(-c2ccccc2)n(CCC(=O)N(C)Cc2ccccc2)c1. The molecule has 1 heterocycles. The molecule has 0 N–H and O–H groups in total. The fraction of sp³-hybridized carbons (Fsp3) is 0.250. The van der Waals surface area contributed by atoms with E-state index in [1.54, 1.807) is 18.0 Å². The molecule has 5 nitrogen and oxygen atoms in total. The summed E-state index contributed by atoms with van der Waals surface area (Å²) in [4.78, 5) is 26.5. The molecule has 0 atom stereocenters. The van der Waals surface area contributed by atoms with Crippen LogP contribution in [0.2, 0.25) is 0 Å². The second kappa shape index (κ2) is 9.73. The summed E-state index contributed by atoms with van der Waals surface area (Å²) < 4.78 is 7.09. The van der Waals surface area contributed by atoms with Crippen LogP contribution in [0, 0.1) is 0 Å². The molecule has 29 heavy (non-hydrogen) atoms. The summed E-state index contributed by atoms with van der Waals surface area (Å²) in [5.74, 6) is -0.296. The fourth-order valence-electron chi connectivity index (χ4n) is 3.23. The largest absolute Gasteiger partial charge is 0.462 e. The fourth-order valence-corrected chi connectivity index (χ4v) is 3.23. The van der Waals surface area contributed by atoms with E-state index in [0.29, 0.717) is 31.7 Å². The minimum absolute atomic E-state index is 0.0549. The number of ether oxygens (including phenoxy) is 1. The summed E-state index contributed by atoms with van der Waals surface area (Å²) >= 11 is 0. The molecule has 0 fully saturated rings. The van der Waals surface area contributed by atoms with Crippen molar-refractivity contribution >= 4 is 11.9 Å². The Kier molecular flexibility index (Phi) is 6.85. The number of esters is 1. The second-order valence-electron chi connectivity index (χ2n) is 6.88. The summed E-state index contributed by atoms with van der Waals surface area (Å²) in [7, 11) is 1.81. The van der Waals surface area contributed by atoms with Gasteiger partial charge in [-0.1, -0.05) is 60.7 Å². The number of carbonyl (C=O) groups is 2. The maximum Gasteiger partial charge on any atom is 0.339 e. The zero-order chi connectivity index (χ0) is 20.6. The van der Waals surface area contributed by atoms with Gasteiger partial charge in [0.25, 0.3) is 0 Å². The Labute approximate surface area is 171 Å². The van der Waals surface area contributed by atoms with Gasteiger partial charge in [-0.3, -0.25) is 4.79 Å². The third-order valence-corrected chi connectivity index (χ3v) is 4.73. The molecular formula is C24H26N2O3.